The van der Waals surface area contributed by atoms with E-state index in [2.05, 4.69) is 36.9 Å². The fourth-order valence-corrected chi connectivity index (χ4v) is 3.80. The first kappa shape index (κ1) is 26.0. The highest BCUT2D eigenvalue weighted by molar-refractivity contribution is 6.30. The Labute approximate surface area is 202 Å². The van der Waals surface area contributed by atoms with Gasteiger partial charge in [-0.2, -0.15) is 18.3 Å². The zero-order valence-corrected chi connectivity index (χ0v) is 19.3. The van der Waals surface area contributed by atoms with Crippen LogP contribution in [-0.4, -0.2) is 74.7 Å². The minimum Gasteiger partial charge on any atom is -0.481 e. The highest BCUT2D eigenvalue weighted by atomic mass is 35.5. The number of H-pyrrole nitrogens is 1. The van der Waals surface area contributed by atoms with Crippen LogP contribution >= 0.6 is 11.6 Å². The lowest BCUT2D eigenvalue weighted by Gasteiger charge is -2.37. The molecule has 1 fully saturated rings. The maximum Gasteiger partial charge on any atom is 0.490 e. The Morgan fingerprint density at radius 1 is 1.11 bits per heavy atom. The SMILES string of the molecule is Cc1ccc(Cl)cc1N1CCN(c2ncnc3n[nH]c(CCC(=O)O)c23)CC1.O=C(O)C(F)(F)F. The second kappa shape index (κ2) is 10.8. The third kappa shape index (κ3) is 6.50. The molecule has 35 heavy (non-hydrogen) atoms. The van der Waals surface area contributed by atoms with Gasteiger partial charge in [0.05, 0.1) is 11.8 Å². The molecule has 3 N–H and O–H groups in total. The number of aromatic amines is 1. The van der Waals surface area contributed by atoms with Crippen molar-refractivity contribution in [2.24, 2.45) is 0 Å². The number of nitrogens with zero attached hydrogens (tertiary/aromatic N) is 5. The van der Waals surface area contributed by atoms with Gasteiger partial charge >= 0.3 is 18.1 Å². The summed E-state index contributed by atoms with van der Waals surface area (Å²) in [7, 11) is 0. The van der Waals surface area contributed by atoms with E-state index in [0.29, 0.717) is 12.1 Å². The average molecular weight is 515 g/mol. The number of piperazine rings is 1. The first-order chi connectivity index (χ1) is 16.5. The fraction of sp³-hybridized carbons (Fsp3) is 0.381. The largest absolute Gasteiger partial charge is 0.490 e. The molecule has 2 aromatic heterocycles. The second-order valence-corrected chi connectivity index (χ2v) is 8.14. The molecule has 188 valence electrons. The quantitative estimate of drug-likeness (QED) is 0.468. The number of carboxylic acid groups (broad SMARTS) is 2. The van der Waals surface area contributed by atoms with E-state index in [1.165, 1.54) is 11.9 Å². The van der Waals surface area contributed by atoms with Gasteiger partial charge in [-0.15, -0.1) is 0 Å². The van der Waals surface area contributed by atoms with Gasteiger partial charge in [-0.3, -0.25) is 9.89 Å². The van der Waals surface area contributed by atoms with Crippen molar-refractivity contribution in [2.45, 2.75) is 25.9 Å². The van der Waals surface area contributed by atoms with Crippen molar-refractivity contribution in [2.75, 3.05) is 36.0 Å². The number of aryl methyl sites for hydroxylation is 2. The summed E-state index contributed by atoms with van der Waals surface area (Å²) in [6, 6.07) is 5.96. The summed E-state index contributed by atoms with van der Waals surface area (Å²) >= 11 is 6.18. The Morgan fingerprint density at radius 2 is 1.74 bits per heavy atom. The van der Waals surface area contributed by atoms with Crippen LogP contribution in [0.25, 0.3) is 11.0 Å². The number of fused-ring (bicyclic) bond motifs is 1. The van der Waals surface area contributed by atoms with Crippen molar-refractivity contribution in [3.05, 3.63) is 40.8 Å². The number of hydrogen-bond acceptors (Lipinski definition) is 7. The predicted octanol–water partition coefficient (Wildman–Crippen LogP) is 3.29. The number of aromatic nitrogens is 4. The molecule has 0 saturated carbocycles. The summed E-state index contributed by atoms with van der Waals surface area (Å²) in [5, 5.41) is 24.8. The Balaban J connectivity index is 0.000000429. The van der Waals surface area contributed by atoms with E-state index in [-0.39, 0.29) is 6.42 Å². The minimum absolute atomic E-state index is 0.0352. The smallest absolute Gasteiger partial charge is 0.481 e. The van der Waals surface area contributed by atoms with Crippen LogP contribution in [0.15, 0.2) is 24.5 Å². The predicted molar refractivity (Wildman–Crippen MR) is 122 cm³/mol. The molecule has 1 aliphatic heterocycles. The number of carbonyl (C=O) groups is 2. The van der Waals surface area contributed by atoms with Crippen molar-refractivity contribution < 1.29 is 33.0 Å². The summed E-state index contributed by atoms with van der Waals surface area (Å²) in [4.78, 5) is 33.1. The van der Waals surface area contributed by atoms with E-state index in [0.717, 1.165) is 53.8 Å². The van der Waals surface area contributed by atoms with E-state index in [1.54, 1.807) is 0 Å². The number of rotatable bonds is 5. The van der Waals surface area contributed by atoms with Gasteiger partial charge < -0.3 is 20.0 Å². The molecule has 0 amide bonds. The molecule has 0 spiro atoms. The highest BCUT2D eigenvalue weighted by Crippen LogP contribution is 2.29. The van der Waals surface area contributed by atoms with E-state index in [1.807, 2.05) is 18.2 Å². The highest BCUT2D eigenvalue weighted by Gasteiger charge is 2.38. The van der Waals surface area contributed by atoms with Gasteiger partial charge in [0, 0.05) is 49.0 Å². The second-order valence-electron chi connectivity index (χ2n) is 7.70. The summed E-state index contributed by atoms with van der Waals surface area (Å²) in [5.74, 6) is -2.79. The monoisotopic (exact) mass is 514 g/mol. The van der Waals surface area contributed by atoms with E-state index in [4.69, 9.17) is 26.6 Å². The lowest BCUT2D eigenvalue weighted by Crippen LogP contribution is -2.47. The molecule has 0 aliphatic carbocycles. The molecule has 1 saturated heterocycles. The van der Waals surface area contributed by atoms with Gasteiger partial charge in [-0.1, -0.05) is 17.7 Å². The van der Waals surface area contributed by atoms with E-state index in [9.17, 15) is 18.0 Å². The number of alkyl halides is 3. The number of carboxylic acids is 2. The van der Waals surface area contributed by atoms with Gasteiger partial charge in [-0.05, 0) is 24.6 Å². The zero-order valence-electron chi connectivity index (χ0n) is 18.5. The standard InChI is InChI=1S/C19H21ClN6O2.C2HF3O2/c1-12-2-3-13(20)10-15(12)25-6-8-26(9-7-25)19-17-14(4-5-16(27)28)23-24-18(17)21-11-22-19;3-2(4,5)1(6)7/h2-3,10-11H,4-9H2,1H3,(H,27,28)(H,21,22,23,24);(H,6,7). The van der Waals surface area contributed by atoms with Crippen molar-refractivity contribution >= 4 is 46.1 Å². The molecule has 4 rings (SSSR count). The molecule has 0 unspecified atom stereocenters. The van der Waals surface area contributed by atoms with Gasteiger partial charge in [0.2, 0.25) is 0 Å². The number of hydrogen-bond donors (Lipinski definition) is 3. The normalized spacial score (nSPS) is 14.0. The maximum atomic E-state index is 10.9. The summed E-state index contributed by atoms with van der Waals surface area (Å²) < 4.78 is 31.7. The number of halogens is 4. The molecule has 1 aliphatic rings. The Bertz CT molecular complexity index is 1210. The molecule has 14 heteroatoms. The summed E-state index contributed by atoms with van der Waals surface area (Å²) in [6.45, 7) is 5.36. The van der Waals surface area contributed by atoms with Crippen LogP contribution in [0.3, 0.4) is 0 Å². The van der Waals surface area contributed by atoms with Crippen LogP contribution in [0.1, 0.15) is 17.7 Å². The number of nitrogens with one attached hydrogen (secondary N) is 1. The molecule has 3 heterocycles. The van der Waals surface area contributed by atoms with Crippen molar-refractivity contribution in [3.8, 4) is 0 Å². The van der Waals surface area contributed by atoms with E-state index < -0.39 is 18.1 Å². The first-order valence-electron chi connectivity index (χ1n) is 10.4. The summed E-state index contributed by atoms with van der Waals surface area (Å²) in [6.07, 6.45) is -3.17. The molecular formula is C21H22ClF3N6O4. The molecule has 0 radical (unpaired) electrons. The Morgan fingerprint density at radius 3 is 2.34 bits per heavy atom. The van der Waals surface area contributed by atoms with Crippen LogP contribution in [0.5, 0.6) is 0 Å². The fourth-order valence-electron chi connectivity index (χ4n) is 3.63. The van der Waals surface area contributed by atoms with Crippen LogP contribution in [0.4, 0.5) is 24.7 Å². The van der Waals surface area contributed by atoms with Crippen LogP contribution < -0.4 is 9.80 Å². The van der Waals surface area contributed by atoms with Crippen molar-refractivity contribution in [3.63, 3.8) is 0 Å². The average Bonchev–Trinajstić information content (AvgIpc) is 3.22. The Hall–Kier alpha value is -3.61. The molecule has 0 atom stereocenters. The number of anilines is 2. The molecule has 10 nitrogen and oxygen atoms in total. The lowest BCUT2D eigenvalue weighted by molar-refractivity contribution is -0.192. The van der Waals surface area contributed by atoms with Gasteiger partial charge in [0.25, 0.3) is 0 Å². The Kier molecular flexibility index (Phi) is 7.99. The van der Waals surface area contributed by atoms with Crippen LogP contribution in [0, 0.1) is 6.92 Å². The van der Waals surface area contributed by atoms with Gasteiger partial charge in [0.1, 0.15) is 12.1 Å². The molecule has 1 aromatic carbocycles. The third-order valence-electron chi connectivity index (χ3n) is 5.33. The van der Waals surface area contributed by atoms with E-state index >= 15 is 0 Å². The van der Waals surface area contributed by atoms with Gasteiger partial charge in [-0.25, -0.2) is 14.8 Å². The topological polar surface area (TPSA) is 136 Å². The number of benzene rings is 1. The molecule has 0 bridgehead atoms. The third-order valence-corrected chi connectivity index (χ3v) is 5.56. The van der Waals surface area contributed by atoms with Crippen LogP contribution in [0.2, 0.25) is 5.02 Å². The molecule has 3 aromatic rings. The minimum atomic E-state index is -5.08. The van der Waals surface area contributed by atoms with Crippen molar-refractivity contribution in [1.82, 2.24) is 20.2 Å². The number of aliphatic carboxylic acids is 2. The maximum absolute atomic E-state index is 10.9. The van der Waals surface area contributed by atoms with Crippen molar-refractivity contribution in [1.29, 1.82) is 0 Å². The lowest BCUT2D eigenvalue weighted by atomic mass is 10.1. The first-order valence-corrected chi connectivity index (χ1v) is 10.8. The van der Waals surface area contributed by atoms with Gasteiger partial charge in [0.15, 0.2) is 5.65 Å². The molecular weight excluding hydrogens is 493 g/mol. The van der Waals surface area contributed by atoms with Crippen LogP contribution in [-0.2, 0) is 16.0 Å². The summed E-state index contributed by atoms with van der Waals surface area (Å²) in [5.41, 5.74) is 3.69. The zero-order chi connectivity index (χ0) is 25.8.